The van der Waals surface area contributed by atoms with Crippen molar-refractivity contribution in [2.45, 2.75) is 33.0 Å². The predicted molar refractivity (Wildman–Crippen MR) is 84.1 cm³/mol. The molecule has 0 fully saturated rings. The third-order valence-corrected chi connectivity index (χ3v) is 3.64. The quantitative estimate of drug-likeness (QED) is 0.675. The topological polar surface area (TPSA) is 61.7 Å². The van der Waals surface area contributed by atoms with Gasteiger partial charge in [-0.25, -0.2) is 0 Å². The van der Waals surface area contributed by atoms with Gasteiger partial charge in [-0.05, 0) is 46.5 Å². The number of hydrogen-bond acceptors (Lipinski definition) is 4. The Balaban J connectivity index is 2.27. The second-order valence-corrected chi connectivity index (χ2v) is 6.22. The summed E-state index contributed by atoms with van der Waals surface area (Å²) in [5, 5.41) is 22.5. The molecule has 0 aliphatic carbocycles. The summed E-state index contributed by atoms with van der Waals surface area (Å²) in [6.07, 6.45) is -1.00. The molecule has 2 unspecified atom stereocenters. The molecule has 5 heteroatoms. The molecule has 0 saturated carbocycles. The zero-order valence-corrected chi connectivity index (χ0v) is 13.9. The minimum Gasteiger partial charge on any atom is -0.490 e. The molecule has 0 saturated heterocycles. The Kier molecular flexibility index (Phi) is 7.51. The zero-order chi connectivity index (χ0) is 15.1. The maximum atomic E-state index is 9.82. The lowest BCUT2D eigenvalue weighted by atomic mass is 10.1. The lowest BCUT2D eigenvalue weighted by Gasteiger charge is -2.18. The highest BCUT2D eigenvalue weighted by molar-refractivity contribution is 9.10. The Morgan fingerprint density at radius 1 is 1.25 bits per heavy atom. The predicted octanol–water partition coefficient (Wildman–Crippen LogP) is 2.10. The smallest absolute Gasteiger partial charge is 0.133 e. The summed E-state index contributed by atoms with van der Waals surface area (Å²) in [6, 6.07) is 5.81. The van der Waals surface area contributed by atoms with E-state index < -0.39 is 12.2 Å². The molecular weight excluding hydrogens is 322 g/mol. The van der Waals surface area contributed by atoms with E-state index in [2.05, 4.69) is 21.2 Å². The molecule has 3 N–H and O–H groups in total. The number of aryl methyl sites for hydroxylation is 1. The molecule has 114 valence electrons. The SMILES string of the molecule is Cc1ccc(OCC(O)CNCC(O)C(C)C)c(Br)c1. The molecule has 20 heavy (non-hydrogen) atoms. The summed E-state index contributed by atoms with van der Waals surface area (Å²) in [5.41, 5.74) is 1.15. The van der Waals surface area contributed by atoms with Crippen LogP contribution < -0.4 is 10.1 Å². The lowest BCUT2D eigenvalue weighted by molar-refractivity contribution is 0.0906. The number of halogens is 1. The molecule has 0 radical (unpaired) electrons. The molecule has 0 bridgehead atoms. The van der Waals surface area contributed by atoms with E-state index in [9.17, 15) is 10.2 Å². The standard InChI is InChI=1S/C15H24BrNO3/c1-10(2)14(19)8-17-7-12(18)9-20-15-5-4-11(3)6-13(15)16/h4-6,10,12,14,17-19H,7-9H2,1-3H3. The fraction of sp³-hybridized carbons (Fsp3) is 0.600. The van der Waals surface area contributed by atoms with E-state index in [0.29, 0.717) is 13.1 Å². The van der Waals surface area contributed by atoms with Crippen LogP contribution in [0.5, 0.6) is 5.75 Å². The first kappa shape index (κ1) is 17.4. The Bertz CT molecular complexity index is 412. The van der Waals surface area contributed by atoms with Gasteiger partial charge in [-0.1, -0.05) is 19.9 Å². The highest BCUT2D eigenvalue weighted by Gasteiger charge is 2.11. The van der Waals surface area contributed by atoms with Crippen LogP contribution in [0.25, 0.3) is 0 Å². The van der Waals surface area contributed by atoms with E-state index in [1.165, 1.54) is 0 Å². The molecule has 1 aromatic carbocycles. The molecule has 0 heterocycles. The van der Waals surface area contributed by atoms with Gasteiger partial charge < -0.3 is 20.3 Å². The second-order valence-electron chi connectivity index (χ2n) is 5.37. The fourth-order valence-corrected chi connectivity index (χ4v) is 2.21. The van der Waals surface area contributed by atoms with Crippen molar-refractivity contribution in [2.24, 2.45) is 5.92 Å². The number of rotatable bonds is 8. The Labute approximate surface area is 129 Å². The van der Waals surface area contributed by atoms with Gasteiger partial charge in [-0.15, -0.1) is 0 Å². The third kappa shape index (κ3) is 6.22. The summed E-state index contributed by atoms with van der Waals surface area (Å²) in [7, 11) is 0. The van der Waals surface area contributed by atoms with Crippen LogP contribution in [0.1, 0.15) is 19.4 Å². The van der Waals surface area contributed by atoms with Crippen LogP contribution in [-0.2, 0) is 0 Å². The van der Waals surface area contributed by atoms with Crippen molar-refractivity contribution in [3.63, 3.8) is 0 Å². The number of hydrogen-bond donors (Lipinski definition) is 3. The molecule has 0 spiro atoms. The van der Waals surface area contributed by atoms with E-state index in [4.69, 9.17) is 4.74 Å². The van der Waals surface area contributed by atoms with Gasteiger partial charge in [0.05, 0.1) is 10.6 Å². The number of nitrogens with one attached hydrogen (secondary N) is 1. The highest BCUT2D eigenvalue weighted by Crippen LogP contribution is 2.25. The van der Waals surface area contributed by atoms with Gasteiger partial charge in [-0.2, -0.15) is 0 Å². The van der Waals surface area contributed by atoms with E-state index >= 15 is 0 Å². The largest absolute Gasteiger partial charge is 0.490 e. The maximum absolute atomic E-state index is 9.82. The Morgan fingerprint density at radius 3 is 2.55 bits per heavy atom. The molecule has 0 aromatic heterocycles. The zero-order valence-electron chi connectivity index (χ0n) is 12.3. The Hall–Kier alpha value is -0.620. The van der Waals surface area contributed by atoms with E-state index in [0.717, 1.165) is 15.8 Å². The van der Waals surface area contributed by atoms with E-state index in [1.807, 2.05) is 39.0 Å². The van der Waals surface area contributed by atoms with Crippen molar-refractivity contribution in [3.05, 3.63) is 28.2 Å². The summed E-state index contributed by atoms with van der Waals surface area (Å²) < 4.78 is 6.44. The molecule has 2 atom stereocenters. The van der Waals surface area contributed by atoms with E-state index in [1.54, 1.807) is 0 Å². The van der Waals surface area contributed by atoms with Crippen LogP contribution in [0.15, 0.2) is 22.7 Å². The summed E-state index contributed by atoms with van der Waals surface area (Å²) in [6.45, 7) is 7.01. The Morgan fingerprint density at radius 2 is 1.95 bits per heavy atom. The average molecular weight is 346 g/mol. The first-order chi connectivity index (χ1) is 9.40. The number of ether oxygens (including phenoxy) is 1. The normalized spacial score (nSPS) is 14.3. The summed E-state index contributed by atoms with van der Waals surface area (Å²) in [4.78, 5) is 0. The van der Waals surface area contributed by atoms with Crippen LogP contribution in [0.4, 0.5) is 0 Å². The van der Waals surface area contributed by atoms with Crippen molar-refractivity contribution < 1.29 is 14.9 Å². The fourth-order valence-electron chi connectivity index (χ4n) is 1.60. The molecule has 1 aromatic rings. The monoisotopic (exact) mass is 345 g/mol. The minimum absolute atomic E-state index is 0.208. The van der Waals surface area contributed by atoms with Crippen molar-refractivity contribution in [1.29, 1.82) is 0 Å². The van der Waals surface area contributed by atoms with Crippen LogP contribution >= 0.6 is 15.9 Å². The average Bonchev–Trinajstić information content (AvgIpc) is 2.37. The molecular formula is C15H24BrNO3. The van der Waals surface area contributed by atoms with Crippen LogP contribution in [0.3, 0.4) is 0 Å². The minimum atomic E-state index is -0.609. The summed E-state index contributed by atoms with van der Waals surface area (Å²) in [5.74, 6) is 0.927. The van der Waals surface area contributed by atoms with Crippen molar-refractivity contribution in [3.8, 4) is 5.75 Å². The van der Waals surface area contributed by atoms with Crippen molar-refractivity contribution in [2.75, 3.05) is 19.7 Å². The molecule has 1 rings (SSSR count). The van der Waals surface area contributed by atoms with Crippen LogP contribution in [-0.4, -0.2) is 42.1 Å². The molecule has 4 nitrogen and oxygen atoms in total. The number of aliphatic hydroxyl groups is 2. The van der Waals surface area contributed by atoms with E-state index in [-0.39, 0.29) is 12.5 Å². The van der Waals surface area contributed by atoms with Gasteiger partial charge in [0.2, 0.25) is 0 Å². The second kappa shape index (κ2) is 8.62. The molecule has 0 aliphatic rings. The molecule has 0 amide bonds. The number of benzene rings is 1. The maximum Gasteiger partial charge on any atom is 0.133 e. The molecule has 0 aliphatic heterocycles. The first-order valence-electron chi connectivity index (χ1n) is 6.86. The van der Waals surface area contributed by atoms with Gasteiger partial charge in [0.25, 0.3) is 0 Å². The van der Waals surface area contributed by atoms with Crippen LogP contribution in [0, 0.1) is 12.8 Å². The first-order valence-corrected chi connectivity index (χ1v) is 7.65. The van der Waals surface area contributed by atoms with Gasteiger partial charge in [0, 0.05) is 13.1 Å². The number of aliphatic hydroxyl groups excluding tert-OH is 2. The highest BCUT2D eigenvalue weighted by atomic mass is 79.9. The van der Waals surface area contributed by atoms with Crippen LogP contribution in [0.2, 0.25) is 0 Å². The van der Waals surface area contributed by atoms with Gasteiger partial charge in [-0.3, -0.25) is 0 Å². The van der Waals surface area contributed by atoms with Gasteiger partial charge >= 0.3 is 0 Å². The third-order valence-electron chi connectivity index (χ3n) is 3.02. The summed E-state index contributed by atoms with van der Waals surface area (Å²) >= 11 is 3.43. The van der Waals surface area contributed by atoms with Gasteiger partial charge in [0.1, 0.15) is 18.5 Å². The lowest BCUT2D eigenvalue weighted by Crippen LogP contribution is -2.37. The van der Waals surface area contributed by atoms with Crippen molar-refractivity contribution in [1.82, 2.24) is 5.32 Å². The van der Waals surface area contributed by atoms with Crippen molar-refractivity contribution >= 4 is 15.9 Å². The van der Waals surface area contributed by atoms with Gasteiger partial charge in [0.15, 0.2) is 0 Å².